The predicted molar refractivity (Wildman–Crippen MR) is 49.6 cm³/mol. The van der Waals surface area contributed by atoms with Gasteiger partial charge < -0.3 is 5.43 Å². The molecule has 56 valence electrons. The molecule has 0 saturated heterocycles. The second kappa shape index (κ2) is 2.53. The lowest BCUT2D eigenvalue weighted by atomic mass is 10.2. The van der Waals surface area contributed by atoms with E-state index in [1.807, 2.05) is 12.1 Å². The number of nitrogen functional groups attached to an aromatic ring is 1. The fraction of sp³-hybridized carbons (Fsp3) is 0. The van der Waals surface area contributed by atoms with Crippen molar-refractivity contribution in [2.45, 2.75) is 0 Å². The molecule has 11 heavy (non-hydrogen) atoms. The molecule has 0 aliphatic rings. The first-order valence-electron chi connectivity index (χ1n) is 3.34. The molecule has 0 saturated carbocycles. The van der Waals surface area contributed by atoms with E-state index in [2.05, 4.69) is 22.9 Å². The minimum absolute atomic E-state index is 0.990. The van der Waals surface area contributed by atoms with Crippen molar-refractivity contribution in [1.29, 1.82) is 0 Å². The molecule has 0 aliphatic heterocycles. The van der Waals surface area contributed by atoms with E-state index in [0.29, 0.717) is 0 Å². The van der Waals surface area contributed by atoms with E-state index in [1.165, 1.54) is 10.1 Å². The summed E-state index contributed by atoms with van der Waals surface area (Å²) in [7, 11) is 0. The molecule has 1 heterocycles. The second-order valence-corrected chi connectivity index (χ2v) is 3.23. The summed E-state index contributed by atoms with van der Waals surface area (Å²) >= 11 is 1.72. The molecule has 0 radical (unpaired) electrons. The van der Waals surface area contributed by atoms with Crippen LogP contribution in [0.15, 0.2) is 29.6 Å². The van der Waals surface area contributed by atoms with Gasteiger partial charge in [0.15, 0.2) is 0 Å². The fourth-order valence-corrected chi connectivity index (χ4v) is 1.93. The Labute approximate surface area is 68.6 Å². The van der Waals surface area contributed by atoms with Gasteiger partial charge in [-0.3, -0.25) is 5.84 Å². The van der Waals surface area contributed by atoms with Crippen LogP contribution < -0.4 is 11.3 Å². The van der Waals surface area contributed by atoms with Crippen molar-refractivity contribution in [3.8, 4) is 0 Å². The lowest BCUT2D eigenvalue weighted by Crippen LogP contribution is -2.06. The summed E-state index contributed by atoms with van der Waals surface area (Å²) in [6.45, 7) is 0. The normalized spacial score (nSPS) is 10.3. The summed E-state index contributed by atoms with van der Waals surface area (Å²) in [4.78, 5) is 0. The number of hydrogen-bond acceptors (Lipinski definition) is 3. The Morgan fingerprint density at radius 2 is 2.18 bits per heavy atom. The summed E-state index contributed by atoms with van der Waals surface area (Å²) < 4.78 is 1.26. The average Bonchev–Trinajstić information content (AvgIpc) is 2.50. The Morgan fingerprint density at radius 3 is 3.00 bits per heavy atom. The van der Waals surface area contributed by atoms with Crippen LogP contribution in [0.25, 0.3) is 10.1 Å². The molecule has 1 aromatic carbocycles. The van der Waals surface area contributed by atoms with E-state index in [-0.39, 0.29) is 0 Å². The maximum absolute atomic E-state index is 5.33. The van der Waals surface area contributed by atoms with Gasteiger partial charge in [-0.2, -0.15) is 0 Å². The van der Waals surface area contributed by atoms with Crippen LogP contribution in [0.3, 0.4) is 0 Å². The summed E-state index contributed by atoms with van der Waals surface area (Å²) in [6, 6.07) is 8.11. The van der Waals surface area contributed by atoms with Gasteiger partial charge in [-0.15, -0.1) is 11.3 Å². The van der Waals surface area contributed by atoms with Crippen molar-refractivity contribution < 1.29 is 0 Å². The molecule has 0 amide bonds. The van der Waals surface area contributed by atoms with E-state index >= 15 is 0 Å². The first-order chi connectivity index (χ1) is 5.42. The topological polar surface area (TPSA) is 38.0 Å². The van der Waals surface area contributed by atoms with Gasteiger partial charge in [-0.1, -0.05) is 6.07 Å². The third-order valence-corrected chi connectivity index (χ3v) is 2.53. The van der Waals surface area contributed by atoms with Crippen LogP contribution >= 0.6 is 11.3 Å². The third kappa shape index (κ3) is 0.982. The smallest absolute Gasteiger partial charge is 0.0571 e. The van der Waals surface area contributed by atoms with E-state index in [4.69, 9.17) is 5.84 Å². The predicted octanol–water partition coefficient (Wildman–Crippen LogP) is 2.19. The van der Waals surface area contributed by atoms with Crippen LogP contribution in [-0.2, 0) is 0 Å². The number of fused-ring (bicyclic) bond motifs is 1. The molecule has 0 spiro atoms. The largest absolute Gasteiger partial charge is 0.323 e. The Morgan fingerprint density at radius 1 is 1.27 bits per heavy atom. The lowest BCUT2D eigenvalue weighted by Gasteiger charge is -1.99. The van der Waals surface area contributed by atoms with Crippen molar-refractivity contribution in [3.63, 3.8) is 0 Å². The molecule has 0 bridgehead atoms. The van der Waals surface area contributed by atoms with Crippen molar-refractivity contribution >= 4 is 27.1 Å². The number of thiophene rings is 1. The molecule has 0 aliphatic carbocycles. The zero-order valence-corrected chi connectivity index (χ0v) is 6.69. The summed E-state index contributed by atoms with van der Waals surface area (Å²) in [5.41, 5.74) is 3.65. The SMILES string of the molecule is NNc1cccc2sccc12. The highest BCUT2D eigenvalue weighted by Crippen LogP contribution is 2.26. The highest BCUT2D eigenvalue weighted by Gasteiger charge is 1.97. The number of benzene rings is 1. The summed E-state index contributed by atoms with van der Waals surface area (Å²) in [6.07, 6.45) is 0. The molecule has 0 atom stereocenters. The minimum atomic E-state index is 0.990. The Hall–Kier alpha value is -1.06. The summed E-state index contributed by atoms with van der Waals surface area (Å²) in [5.74, 6) is 5.33. The molecule has 2 aromatic rings. The molecule has 2 rings (SSSR count). The first-order valence-corrected chi connectivity index (χ1v) is 4.22. The number of anilines is 1. The van der Waals surface area contributed by atoms with Crippen LogP contribution in [0.2, 0.25) is 0 Å². The van der Waals surface area contributed by atoms with Crippen LogP contribution in [0.5, 0.6) is 0 Å². The van der Waals surface area contributed by atoms with Crippen LogP contribution in [-0.4, -0.2) is 0 Å². The highest BCUT2D eigenvalue weighted by atomic mass is 32.1. The quantitative estimate of drug-likeness (QED) is 0.501. The highest BCUT2D eigenvalue weighted by molar-refractivity contribution is 7.17. The van der Waals surface area contributed by atoms with Gasteiger partial charge in [0.2, 0.25) is 0 Å². The molecule has 2 nitrogen and oxygen atoms in total. The zero-order valence-electron chi connectivity index (χ0n) is 5.87. The van der Waals surface area contributed by atoms with Gasteiger partial charge >= 0.3 is 0 Å². The minimum Gasteiger partial charge on any atom is -0.323 e. The van der Waals surface area contributed by atoms with Gasteiger partial charge in [0.25, 0.3) is 0 Å². The van der Waals surface area contributed by atoms with Crippen molar-refractivity contribution in [2.75, 3.05) is 5.43 Å². The van der Waals surface area contributed by atoms with Crippen molar-refractivity contribution in [3.05, 3.63) is 29.6 Å². The fourth-order valence-electron chi connectivity index (χ4n) is 1.12. The molecule has 1 aromatic heterocycles. The molecule has 0 unspecified atom stereocenters. The Kier molecular flexibility index (Phi) is 1.52. The van der Waals surface area contributed by atoms with Crippen molar-refractivity contribution in [1.82, 2.24) is 0 Å². The van der Waals surface area contributed by atoms with Crippen LogP contribution in [0.4, 0.5) is 5.69 Å². The van der Waals surface area contributed by atoms with Crippen LogP contribution in [0.1, 0.15) is 0 Å². The Balaban J connectivity index is 2.79. The molecular weight excluding hydrogens is 156 g/mol. The number of hydrogen-bond donors (Lipinski definition) is 2. The van der Waals surface area contributed by atoms with Gasteiger partial charge in [0.1, 0.15) is 0 Å². The number of nitrogens with two attached hydrogens (primary N) is 1. The van der Waals surface area contributed by atoms with E-state index < -0.39 is 0 Å². The van der Waals surface area contributed by atoms with E-state index in [1.54, 1.807) is 11.3 Å². The maximum Gasteiger partial charge on any atom is 0.0571 e. The average molecular weight is 164 g/mol. The lowest BCUT2D eigenvalue weighted by molar-refractivity contribution is 1.37. The zero-order chi connectivity index (χ0) is 7.68. The van der Waals surface area contributed by atoms with Crippen molar-refractivity contribution in [2.24, 2.45) is 5.84 Å². The standard InChI is InChI=1S/C8H8N2S/c9-10-7-2-1-3-8-6(7)4-5-11-8/h1-5,10H,9H2. The maximum atomic E-state index is 5.33. The number of rotatable bonds is 1. The molecule has 3 N–H and O–H groups in total. The summed E-state index contributed by atoms with van der Waals surface area (Å²) in [5, 5.41) is 3.26. The van der Waals surface area contributed by atoms with Gasteiger partial charge in [0.05, 0.1) is 5.69 Å². The first kappa shape index (κ1) is 6.64. The number of hydrazine groups is 1. The monoisotopic (exact) mass is 164 g/mol. The van der Waals surface area contributed by atoms with Gasteiger partial charge in [0, 0.05) is 10.1 Å². The van der Waals surface area contributed by atoms with E-state index in [0.717, 1.165) is 5.69 Å². The Bertz CT molecular complexity index is 367. The number of nitrogens with one attached hydrogen (secondary N) is 1. The molecule has 3 heteroatoms. The van der Waals surface area contributed by atoms with Gasteiger partial charge in [-0.25, -0.2) is 0 Å². The molecule has 0 fully saturated rings. The van der Waals surface area contributed by atoms with Gasteiger partial charge in [-0.05, 0) is 23.6 Å². The van der Waals surface area contributed by atoms with E-state index in [9.17, 15) is 0 Å². The second-order valence-electron chi connectivity index (χ2n) is 2.28. The van der Waals surface area contributed by atoms with Crippen LogP contribution in [0, 0.1) is 0 Å². The third-order valence-electron chi connectivity index (χ3n) is 1.65. The molecular formula is C8H8N2S.